The summed E-state index contributed by atoms with van der Waals surface area (Å²) in [5.41, 5.74) is 4.36. The first kappa shape index (κ1) is 15.0. The van der Waals surface area contributed by atoms with Crippen LogP contribution < -0.4 is 11.3 Å². The van der Waals surface area contributed by atoms with Gasteiger partial charge in [-0.2, -0.15) is 0 Å². The molecule has 6 heteroatoms. The van der Waals surface area contributed by atoms with Crippen molar-refractivity contribution in [3.8, 4) is 0 Å². The van der Waals surface area contributed by atoms with Crippen molar-refractivity contribution in [3.05, 3.63) is 23.5 Å². The molecule has 0 amide bonds. The second-order valence-electron chi connectivity index (χ2n) is 6.31. The van der Waals surface area contributed by atoms with Gasteiger partial charge in [0.15, 0.2) is 4.96 Å². The molecule has 1 saturated carbocycles. The van der Waals surface area contributed by atoms with Crippen molar-refractivity contribution < 1.29 is 0 Å². The van der Waals surface area contributed by atoms with E-state index in [0.29, 0.717) is 0 Å². The topological polar surface area (TPSA) is 58.6 Å². The number of likely N-dealkylation sites (N-methyl/N-ethyl adjacent to an activating group) is 1. The lowest BCUT2D eigenvalue weighted by Crippen LogP contribution is -2.62. The fourth-order valence-electron chi connectivity index (χ4n) is 3.76. The summed E-state index contributed by atoms with van der Waals surface area (Å²) in [5, 5.41) is 2.06. The second kappa shape index (κ2) is 6.04. The molecular formula is C15H25N5S. The molecule has 1 aliphatic rings. The third-order valence-electron chi connectivity index (χ3n) is 5.02. The zero-order valence-electron chi connectivity index (χ0n) is 12.9. The van der Waals surface area contributed by atoms with Crippen LogP contribution in [0.5, 0.6) is 0 Å². The zero-order valence-corrected chi connectivity index (χ0v) is 13.7. The van der Waals surface area contributed by atoms with Crippen LogP contribution in [0.2, 0.25) is 0 Å². The average Bonchev–Trinajstić information content (AvgIpc) is 3.06. The van der Waals surface area contributed by atoms with Gasteiger partial charge in [-0.3, -0.25) is 15.7 Å². The Balaban J connectivity index is 1.83. The van der Waals surface area contributed by atoms with Crippen molar-refractivity contribution in [1.82, 2.24) is 19.7 Å². The van der Waals surface area contributed by atoms with Crippen LogP contribution in [0.25, 0.3) is 4.96 Å². The summed E-state index contributed by atoms with van der Waals surface area (Å²) >= 11 is 1.67. The van der Waals surface area contributed by atoms with Crippen molar-refractivity contribution in [2.75, 3.05) is 14.1 Å². The molecule has 21 heavy (non-hydrogen) atoms. The summed E-state index contributed by atoms with van der Waals surface area (Å²) in [4.78, 5) is 8.14. The normalized spacial score (nSPS) is 20.2. The van der Waals surface area contributed by atoms with Crippen LogP contribution in [0.3, 0.4) is 0 Å². The molecule has 0 aliphatic heterocycles. The van der Waals surface area contributed by atoms with Crippen molar-refractivity contribution in [3.63, 3.8) is 0 Å². The predicted octanol–water partition coefficient (Wildman–Crippen LogP) is 2.03. The number of nitrogens with two attached hydrogens (primary N) is 1. The third kappa shape index (κ3) is 2.73. The van der Waals surface area contributed by atoms with E-state index in [4.69, 9.17) is 10.8 Å². The van der Waals surface area contributed by atoms with E-state index in [9.17, 15) is 0 Å². The lowest BCUT2D eigenvalue weighted by atomic mass is 9.74. The van der Waals surface area contributed by atoms with E-state index >= 15 is 0 Å². The van der Waals surface area contributed by atoms with Gasteiger partial charge in [0, 0.05) is 35.8 Å². The summed E-state index contributed by atoms with van der Waals surface area (Å²) in [6.07, 6.45) is 11.4. The predicted molar refractivity (Wildman–Crippen MR) is 87.4 cm³/mol. The van der Waals surface area contributed by atoms with Crippen LogP contribution in [0.4, 0.5) is 0 Å². The van der Waals surface area contributed by atoms with Gasteiger partial charge < -0.3 is 4.90 Å². The van der Waals surface area contributed by atoms with Gasteiger partial charge >= 0.3 is 0 Å². The molecule has 2 aromatic heterocycles. The number of fused-ring (bicyclic) bond motifs is 1. The Morgan fingerprint density at radius 2 is 2.19 bits per heavy atom. The quantitative estimate of drug-likeness (QED) is 0.655. The number of nitrogens with one attached hydrogen (secondary N) is 1. The van der Waals surface area contributed by atoms with E-state index in [-0.39, 0.29) is 11.6 Å². The van der Waals surface area contributed by atoms with E-state index in [2.05, 4.69) is 46.6 Å². The molecule has 1 atom stereocenters. The van der Waals surface area contributed by atoms with Crippen LogP contribution in [-0.4, -0.2) is 40.0 Å². The Bertz CT molecular complexity index is 553. The van der Waals surface area contributed by atoms with E-state index in [1.54, 1.807) is 11.3 Å². The molecule has 2 heterocycles. The molecule has 116 valence electrons. The van der Waals surface area contributed by atoms with Crippen molar-refractivity contribution >= 4 is 16.3 Å². The minimum atomic E-state index is 0.143. The van der Waals surface area contributed by atoms with Gasteiger partial charge in [-0.05, 0) is 26.9 Å². The number of nitrogens with zero attached hydrogens (tertiary/aromatic N) is 3. The molecule has 0 radical (unpaired) electrons. The molecule has 0 spiro atoms. The summed E-state index contributed by atoms with van der Waals surface area (Å²) < 4.78 is 2.09. The standard InChI is InChI=1S/C15H25N5S/c1-19(2)15(6-4-3-5-7-15)13(18-16)10-12-11-20-8-9-21-14(20)17-12/h8-9,11,13,18H,3-7,10,16H2,1-2H3. The number of imidazole rings is 1. The lowest BCUT2D eigenvalue weighted by molar-refractivity contribution is 0.0565. The van der Waals surface area contributed by atoms with Crippen LogP contribution in [0, 0.1) is 0 Å². The monoisotopic (exact) mass is 307 g/mol. The Hall–Kier alpha value is -0.950. The molecule has 1 fully saturated rings. The average molecular weight is 307 g/mol. The fourth-order valence-corrected chi connectivity index (χ4v) is 4.48. The molecule has 0 bridgehead atoms. The second-order valence-corrected chi connectivity index (χ2v) is 7.18. The van der Waals surface area contributed by atoms with Crippen LogP contribution in [0.1, 0.15) is 37.8 Å². The molecule has 3 N–H and O–H groups in total. The maximum atomic E-state index is 5.94. The number of hydrazine groups is 1. The molecule has 2 aromatic rings. The maximum Gasteiger partial charge on any atom is 0.193 e. The number of hydrogen-bond donors (Lipinski definition) is 2. The van der Waals surface area contributed by atoms with E-state index in [1.807, 2.05) is 0 Å². The minimum absolute atomic E-state index is 0.143. The van der Waals surface area contributed by atoms with Gasteiger partial charge in [0.2, 0.25) is 0 Å². The Morgan fingerprint density at radius 3 is 2.81 bits per heavy atom. The highest BCUT2D eigenvalue weighted by Gasteiger charge is 2.41. The molecule has 0 aromatic carbocycles. The number of rotatable bonds is 5. The number of thiazole rings is 1. The van der Waals surface area contributed by atoms with Crippen molar-refractivity contribution in [2.45, 2.75) is 50.1 Å². The molecule has 0 saturated heterocycles. The van der Waals surface area contributed by atoms with E-state index < -0.39 is 0 Å². The van der Waals surface area contributed by atoms with E-state index in [0.717, 1.165) is 17.1 Å². The first-order chi connectivity index (χ1) is 10.2. The minimum Gasteiger partial charge on any atom is -0.302 e. The SMILES string of the molecule is CN(C)C1(C(Cc2cn3ccsc3n2)NN)CCCCC1. The molecule has 1 unspecified atom stereocenters. The summed E-state index contributed by atoms with van der Waals surface area (Å²) in [5.74, 6) is 5.94. The van der Waals surface area contributed by atoms with Gasteiger partial charge in [0.05, 0.1) is 5.69 Å². The molecule has 1 aliphatic carbocycles. The van der Waals surface area contributed by atoms with Crippen LogP contribution >= 0.6 is 11.3 Å². The van der Waals surface area contributed by atoms with Gasteiger partial charge in [0.25, 0.3) is 0 Å². The number of hydrogen-bond acceptors (Lipinski definition) is 5. The maximum absolute atomic E-state index is 5.94. The Kier molecular flexibility index (Phi) is 4.31. The van der Waals surface area contributed by atoms with E-state index in [1.165, 1.54) is 32.1 Å². The molecule has 5 nitrogen and oxygen atoms in total. The van der Waals surface area contributed by atoms with Crippen LogP contribution in [-0.2, 0) is 6.42 Å². The highest BCUT2D eigenvalue weighted by molar-refractivity contribution is 7.15. The molecular weight excluding hydrogens is 282 g/mol. The fraction of sp³-hybridized carbons (Fsp3) is 0.667. The highest BCUT2D eigenvalue weighted by atomic mass is 32.1. The van der Waals surface area contributed by atoms with Crippen molar-refractivity contribution in [2.24, 2.45) is 5.84 Å². The Labute approximate surface area is 130 Å². The van der Waals surface area contributed by atoms with Gasteiger partial charge in [-0.25, -0.2) is 4.98 Å². The third-order valence-corrected chi connectivity index (χ3v) is 5.79. The summed E-state index contributed by atoms with van der Waals surface area (Å²) in [6.45, 7) is 0. The van der Waals surface area contributed by atoms with Crippen molar-refractivity contribution in [1.29, 1.82) is 0 Å². The zero-order chi connectivity index (χ0) is 14.9. The summed E-state index contributed by atoms with van der Waals surface area (Å²) in [6, 6.07) is 0.234. The Morgan fingerprint density at radius 1 is 1.43 bits per heavy atom. The highest BCUT2D eigenvalue weighted by Crippen LogP contribution is 2.36. The van der Waals surface area contributed by atoms with Gasteiger partial charge in [0.1, 0.15) is 0 Å². The smallest absolute Gasteiger partial charge is 0.193 e. The number of aromatic nitrogens is 2. The van der Waals surface area contributed by atoms with Gasteiger partial charge in [-0.1, -0.05) is 19.3 Å². The lowest BCUT2D eigenvalue weighted by Gasteiger charge is -2.48. The van der Waals surface area contributed by atoms with Gasteiger partial charge in [-0.15, -0.1) is 11.3 Å². The largest absolute Gasteiger partial charge is 0.302 e. The first-order valence-corrected chi connectivity index (χ1v) is 8.58. The van der Waals surface area contributed by atoms with Crippen LogP contribution in [0.15, 0.2) is 17.8 Å². The molecule has 3 rings (SSSR count). The summed E-state index contributed by atoms with van der Waals surface area (Å²) in [7, 11) is 4.36. The first-order valence-electron chi connectivity index (χ1n) is 7.70.